The van der Waals surface area contributed by atoms with Gasteiger partial charge in [0.1, 0.15) is 0 Å². The lowest BCUT2D eigenvalue weighted by atomic mass is 9.90. The number of carboxylic acid groups (broad SMARTS) is 1. The highest BCUT2D eigenvalue weighted by Gasteiger charge is 2.31. The van der Waals surface area contributed by atoms with Gasteiger partial charge >= 0.3 is 5.97 Å². The summed E-state index contributed by atoms with van der Waals surface area (Å²) < 4.78 is 0.783. The fourth-order valence-corrected chi connectivity index (χ4v) is 3.13. The molecule has 2 N–H and O–H groups in total. The lowest BCUT2D eigenvalue weighted by Gasteiger charge is -2.34. The number of rotatable bonds is 4. The summed E-state index contributed by atoms with van der Waals surface area (Å²) >= 11 is 3.29. The Bertz CT molecular complexity index is 620. The Morgan fingerprint density at radius 3 is 2.74 bits per heavy atom. The normalized spacial score (nSPS) is 20.9. The molecule has 1 aliphatic rings. The maximum Gasteiger partial charge on any atom is 0.308 e. The number of hydrogen-bond acceptors (Lipinski definition) is 3. The Morgan fingerprint density at radius 1 is 1.35 bits per heavy atom. The predicted octanol–water partition coefficient (Wildman–Crippen LogP) is 1.75. The van der Waals surface area contributed by atoms with Gasteiger partial charge in [0.15, 0.2) is 0 Å². The molecule has 1 fully saturated rings. The van der Waals surface area contributed by atoms with Crippen molar-refractivity contribution in [3.63, 3.8) is 0 Å². The maximum absolute atomic E-state index is 12.2. The fourth-order valence-electron chi connectivity index (χ4n) is 2.73. The van der Waals surface area contributed by atoms with Crippen LogP contribution in [0.4, 0.5) is 0 Å². The molecule has 0 spiro atoms. The minimum Gasteiger partial charge on any atom is -0.481 e. The van der Waals surface area contributed by atoms with Crippen molar-refractivity contribution in [2.75, 3.05) is 19.6 Å². The molecule has 1 aromatic rings. The van der Waals surface area contributed by atoms with Crippen LogP contribution in [0.5, 0.6) is 0 Å². The molecule has 1 aromatic carbocycles. The first-order valence-electron chi connectivity index (χ1n) is 7.41. The number of halogens is 1. The van der Waals surface area contributed by atoms with Gasteiger partial charge in [-0.25, -0.2) is 0 Å². The topological polar surface area (TPSA) is 86.7 Å². The third-order valence-corrected chi connectivity index (χ3v) is 4.34. The number of amides is 2. The minimum absolute atomic E-state index is 0.134. The number of carbonyl (C=O) groups is 3. The van der Waals surface area contributed by atoms with Gasteiger partial charge in [-0.15, -0.1) is 0 Å². The van der Waals surface area contributed by atoms with Gasteiger partial charge in [-0.05, 0) is 30.5 Å². The number of piperidine rings is 1. The van der Waals surface area contributed by atoms with E-state index in [1.54, 1.807) is 18.2 Å². The molecule has 0 radical (unpaired) electrons. The second kappa shape index (κ2) is 7.59. The second-order valence-electron chi connectivity index (χ2n) is 5.87. The van der Waals surface area contributed by atoms with E-state index in [2.05, 4.69) is 21.2 Å². The van der Waals surface area contributed by atoms with Crippen LogP contribution in [0.25, 0.3) is 0 Å². The van der Waals surface area contributed by atoms with Gasteiger partial charge in [-0.3, -0.25) is 14.4 Å². The highest BCUT2D eigenvalue weighted by atomic mass is 79.9. The molecule has 6 nitrogen and oxygen atoms in total. The summed E-state index contributed by atoms with van der Waals surface area (Å²) in [7, 11) is 0. The standard InChI is InChI=1S/C16H19BrN2O4/c1-10-5-12(16(22)23)9-19(8-10)14(20)7-18-15(21)11-3-2-4-13(17)6-11/h2-4,6,10,12H,5,7-9H2,1H3,(H,18,21)(H,22,23). The second-order valence-corrected chi connectivity index (χ2v) is 6.78. The van der Waals surface area contributed by atoms with E-state index in [1.165, 1.54) is 4.90 Å². The number of aliphatic carboxylic acids is 1. The number of carbonyl (C=O) groups excluding carboxylic acids is 2. The number of hydrogen-bond donors (Lipinski definition) is 2. The first-order chi connectivity index (χ1) is 10.9. The van der Waals surface area contributed by atoms with Gasteiger partial charge in [0.2, 0.25) is 5.91 Å². The predicted molar refractivity (Wildman–Crippen MR) is 88.0 cm³/mol. The van der Waals surface area contributed by atoms with E-state index in [0.717, 1.165) is 4.47 Å². The Labute approximate surface area is 143 Å². The number of benzene rings is 1. The zero-order valence-electron chi connectivity index (χ0n) is 12.8. The van der Waals surface area contributed by atoms with Crippen LogP contribution >= 0.6 is 15.9 Å². The van der Waals surface area contributed by atoms with Crippen molar-refractivity contribution in [1.82, 2.24) is 10.2 Å². The summed E-state index contributed by atoms with van der Waals surface area (Å²) in [5.74, 6) is -1.88. The first kappa shape index (κ1) is 17.5. The van der Waals surface area contributed by atoms with Gasteiger partial charge in [-0.1, -0.05) is 28.9 Å². The van der Waals surface area contributed by atoms with Crippen LogP contribution in [0, 0.1) is 11.8 Å². The van der Waals surface area contributed by atoms with Gasteiger partial charge in [0.05, 0.1) is 12.5 Å². The van der Waals surface area contributed by atoms with E-state index >= 15 is 0 Å². The Hall–Kier alpha value is -1.89. The van der Waals surface area contributed by atoms with E-state index < -0.39 is 11.9 Å². The molecule has 7 heteroatoms. The molecule has 124 valence electrons. The molecule has 1 aliphatic heterocycles. The third-order valence-electron chi connectivity index (χ3n) is 3.85. The Morgan fingerprint density at radius 2 is 2.09 bits per heavy atom. The smallest absolute Gasteiger partial charge is 0.308 e. The van der Waals surface area contributed by atoms with Crippen molar-refractivity contribution < 1.29 is 19.5 Å². The summed E-state index contributed by atoms with van der Waals surface area (Å²) in [5, 5.41) is 11.7. The Balaban J connectivity index is 1.91. The highest BCUT2D eigenvalue weighted by molar-refractivity contribution is 9.10. The molecular formula is C16H19BrN2O4. The first-order valence-corrected chi connectivity index (χ1v) is 8.20. The molecule has 1 saturated heterocycles. The van der Waals surface area contributed by atoms with Crippen LogP contribution < -0.4 is 5.32 Å². The maximum atomic E-state index is 12.2. The molecule has 2 unspecified atom stereocenters. The van der Waals surface area contributed by atoms with Crippen LogP contribution in [0.3, 0.4) is 0 Å². The molecule has 0 bridgehead atoms. The minimum atomic E-state index is -0.882. The average molecular weight is 383 g/mol. The SMILES string of the molecule is CC1CC(C(=O)O)CN(C(=O)CNC(=O)c2cccc(Br)c2)C1. The lowest BCUT2D eigenvalue weighted by Crippen LogP contribution is -2.48. The average Bonchev–Trinajstić information content (AvgIpc) is 2.51. The van der Waals surface area contributed by atoms with Gasteiger partial charge in [-0.2, -0.15) is 0 Å². The number of carboxylic acids is 1. The molecule has 2 rings (SSSR count). The molecular weight excluding hydrogens is 364 g/mol. The Kier molecular flexibility index (Phi) is 5.76. The molecule has 0 aliphatic carbocycles. The van der Waals surface area contributed by atoms with E-state index in [0.29, 0.717) is 18.5 Å². The van der Waals surface area contributed by atoms with Crippen LogP contribution in [-0.4, -0.2) is 47.4 Å². The quantitative estimate of drug-likeness (QED) is 0.830. The summed E-state index contributed by atoms with van der Waals surface area (Å²) in [6.45, 7) is 2.51. The largest absolute Gasteiger partial charge is 0.481 e. The van der Waals surface area contributed by atoms with Crippen LogP contribution in [-0.2, 0) is 9.59 Å². The fraction of sp³-hybridized carbons (Fsp3) is 0.438. The molecule has 23 heavy (non-hydrogen) atoms. The summed E-state index contributed by atoms with van der Waals surface area (Å²) in [4.78, 5) is 36.9. The third kappa shape index (κ3) is 4.79. The van der Waals surface area contributed by atoms with Crippen LogP contribution in [0.1, 0.15) is 23.7 Å². The molecule has 1 heterocycles. The van der Waals surface area contributed by atoms with Crippen LogP contribution in [0.2, 0.25) is 0 Å². The van der Waals surface area contributed by atoms with Crippen molar-refractivity contribution in [3.05, 3.63) is 34.3 Å². The van der Waals surface area contributed by atoms with E-state index in [-0.39, 0.29) is 30.8 Å². The van der Waals surface area contributed by atoms with Gasteiger partial charge in [0, 0.05) is 23.1 Å². The zero-order chi connectivity index (χ0) is 17.0. The van der Waals surface area contributed by atoms with Crippen molar-refractivity contribution in [2.45, 2.75) is 13.3 Å². The summed E-state index contributed by atoms with van der Waals surface area (Å²) in [6.07, 6.45) is 0.573. The zero-order valence-corrected chi connectivity index (χ0v) is 14.4. The van der Waals surface area contributed by atoms with E-state index in [1.807, 2.05) is 13.0 Å². The van der Waals surface area contributed by atoms with Crippen molar-refractivity contribution >= 4 is 33.7 Å². The van der Waals surface area contributed by atoms with Crippen molar-refractivity contribution in [2.24, 2.45) is 11.8 Å². The highest BCUT2D eigenvalue weighted by Crippen LogP contribution is 2.21. The number of nitrogens with one attached hydrogen (secondary N) is 1. The summed E-state index contributed by atoms with van der Waals surface area (Å²) in [6, 6.07) is 6.88. The monoisotopic (exact) mass is 382 g/mol. The summed E-state index contributed by atoms with van der Waals surface area (Å²) in [5.41, 5.74) is 0.461. The van der Waals surface area contributed by atoms with Crippen LogP contribution in [0.15, 0.2) is 28.7 Å². The number of nitrogens with zero attached hydrogens (tertiary/aromatic N) is 1. The molecule has 2 amide bonds. The van der Waals surface area contributed by atoms with Crippen molar-refractivity contribution in [3.8, 4) is 0 Å². The van der Waals surface area contributed by atoms with Crippen molar-refractivity contribution in [1.29, 1.82) is 0 Å². The molecule has 0 saturated carbocycles. The van der Waals surface area contributed by atoms with Gasteiger partial charge in [0.25, 0.3) is 5.91 Å². The molecule has 2 atom stereocenters. The van der Waals surface area contributed by atoms with E-state index in [4.69, 9.17) is 5.11 Å². The van der Waals surface area contributed by atoms with Gasteiger partial charge < -0.3 is 15.3 Å². The number of likely N-dealkylation sites (tertiary alicyclic amines) is 1. The van der Waals surface area contributed by atoms with E-state index in [9.17, 15) is 14.4 Å². The molecule has 0 aromatic heterocycles. The lowest BCUT2D eigenvalue weighted by molar-refractivity contribution is -0.146.